The molecular weight excluding hydrogens is 273 g/mol. The van der Waals surface area contributed by atoms with Crippen LogP contribution in [0.4, 0.5) is 10.1 Å². The molecule has 5 nitrogen and oxygen atoms in total. The first-order valence-corrected chi connectivity index (χ1v) is 6.18. The van der Waals surface area contributed by atoms with Gasteiger partial charge >= 0.3 is 0 Å². The van der Waals surface area contributed by atoms with Gasteiger partial charge in [0.15, 0.2) is 0 Å². The maximum atomic E-state index is 13.6. The number of halogens is 1. The van der Waals surface area contributed by atoms with Crippen molar-refractivity contribution in [2.24, 2.45) is 0 Å². The first-order valence-electron chi connectivity index (χ1n) is 6.18. The van der Waals surface area contributed by atoms with Gasteiger partial charge in [-0.1, -0.05) is 6.07 Å². The monoisotopic (exact) mass is 283 g/mol. The second-order valence-electron chi connectivity index (χ2n) is 4.39. The molecule has 0 bridgehead atoms. The highest BCUT2D eigenvalue weighted by Crippen LogP contribution is 2.13. The maximum absolute atomic E-state index is 13.6. The zero-order chi connectivity index (χ0) is 14.8. The van der Waals surface area contributed by atoms with E-state index < -0.39 is 17.2 Å². The van der Waals surface area contributed by atoms with Crippen LogP contribution in [0.25, 0.3) is 10.9 Å². The van der Waals surface area contributed by atoms with E-state index in [0.29, 0.717) is 5.69 Å². The van der Waals surface area contributed by atoms with Gasteiger partial charge in [0.1, 0.15) is 11.4 Å². The first-order chi connectivity index (χ1) is 10.2. The van der Waals surface area contributed by atoms with Crippen molar-refractivity contribution in [1.82, 2.24) is 9.97 Å². The summed E-state index contributed by atoms with van der Waals surface area (Å²) >= 11 is 0. The number of rotatable bonds is 2. The first kappa shape index (κ1) is 13.0. The molecule has 3 rings (SSSR count). The number of pyridine rings is 2. The Morgan fingerprint density at radius 3 is 2.86 bits per heavy atom. The molecule has 6 heteroatoms. The second-order valence-corrected chi connectivity index (χ2v) is 4.39. The number of carbonyl (C=O) groups is 1. The number of nitrogens with one attached hydrogen (secondary N) is 2. The van der Waals surface area contributed by atoms with Crippen LogP contribution in [0.1, 0.15) is 10.4 Å². The number of aromatic amines is 1. The van der Waals surface area contributed by atoms with Gasteiger partial charge in [-0.3, -0.25) is 14.6 Å². The summed E-state index contributed by atoms with van der Waals surface area (Å²) in [6.45, 7) is 0. The van der Waals surface area contributed by atoms with Crippen molar-refractivity contribution in [3.8, 4) is 0 Å². The molecule has 3 aromatic rings. The van der Waals surface area contributed by atoms with E-state index in [1.54, 1.807) is 18.3 Å². The lowest BCUT2D eigenvalue weighted by molar-refractivity contribution is 0.102. The van der Waals surface area contributed by atoms with E-state index in [1.165, 1.54) is 30.6 Å². The third-order valence-electron chi connectivity index (χ3n) is 3.03. The van der Waals surface area contributed by atoms with Crippen molar-refractivity contribution in [2.75, 3.05) is 5.32 Å². The van der Waals surface area contributed by atoms with Crippen LogP contribution >= 0.6 is 0 Å². The fourth-order valence-electron chi connectivity index (χ4n) is 2.02. The number of para-hydroxylation sites is 1. The van der Waals surface area contributed by atoms with Gasteiger partial charge < -0.3 is 10.3 Å². The number of aromatic nitrogens is 2. The van der Waals surface area contributed by atoms with Crippen molar-refractivity contribution < 1.29 is 9.18 Å². The predicted molar refractivity (Wildman–Crippen MR) is 76.7 cm³/mol. The molecule has 104 valence electrons. The molecule has 0 saturated heterocycles. The van der Waals surface area contributed by atoms with Crippen LogP contribution in [0.3, 0.4) is 0 Å². The molecule has 1 amide bonds. The molecule has 1 aromatic carbocycles. The number of carbonyl (C=O) groups excluding carboxylic acids is 1. The third-order valence-corrected chi connectivity index (χ3v) is 3.03. The molecule has 21 heavy (non-hydrogen) atoms. The molecule has 0 saturated carbocycles. The van der Waals surface area contributed by atoms with Crippen LogP contribution in [0.15, 0.2) is 53.7 Å². The summed E-state index contributed by atoms with van der Waals surface area (Å²) < 4.78 is 13.6. The second kappa shape index (κ2) is 5.16. The van der Waals surface area contributed by atoms with Crippen molar-refractivity contribution in [3.63, 3.8) is 0 Å². The van der Waals surface area contributed by atoms with Crippen molar-refractivity contribution in [2.45, 2.75) is 0 Å². The molecule has 2 N–H and O–H groups in total. The molecule has 0 atom stereocenters. The molecule has 0 fully saturated rings. The summed E-state index contributed by atoms with van der Waals surface area (Å²) in [5.74, 6) is -1.11. The zero-order valence-corrected chi connectivity index (χ0v) is 10.8. The van der Waals surface area contributed by atoms with Gasteiger partial charge in [-0.15, -0.1) is 0 Å². The van der Waals surface area contributed by atoms with Crippen molar-refractivity contribution >= 4 is 22.5 Å². The largest absolute Gasteiger partial charge is 0.358 e. The van der Waals surface area contributed by atoms with Gasteiger partial charge in [0.25, 0.3) is 5.91 Å². The molecule has 0 radical (unpaired) electrons. The van der Waals surface area contributed by atoms with Gasteiger partial charge in [0.2, 0.25) is 5.43 Å². The normalized spacial score (nSPS) is 10.5. The molecule has 0 aliphatic rings. The Balaban J connectivity index is 2.03. The molecule has 0 unspecified atom stereocenters. The van der Waals surface area contributed by atoms with E-state index >= 15 is 0 Å². The Bertz CT molecular complexity index is 875. The summed E-state index contributed by atoms with van der Waals surface area (Å²) in [6, 6.07) is 7.46. The van der Waals surface area contributed by atoms with Crippen LogP contribution < -0.4 is 10.7 Å². The van der Waals surface area contributed by atoms with E-state index in [4.69, 9.17) is 0 Å². The number of hydrogen-bond acceptors (Lipinski definition) is 3. The van der Waals surface area contributed by atoms with Crippen LogP contribution in [-0.2, 0) is 0 Å². The van der Waals surface area contributed by atoms with Gasteiger partial charge in [0, 0.05) is 17.8 Å². The summed E-state index contributed by atoms with van der Waals surface area (Å²) in [6.07, 6.45) is 4.24. The number of H-pyrrole nitrogens is 1. The quantitative estimate of drug-likeness (QED) is 0.758. The van der Waals surface area contributed by atoms with Gasteiger partial charge in [0.05, 0.1) is 17.4 Å². The highest BCUT2D eigenvalue weighted by atomic mass is 19.1. The highest BCUT2D eigenvalue weighted by Gasteiger charge is 2.14. The van der Waals surface area contributed by atoms with E-state index in [-0.39, 0.29) is 16.5 Å². The van der Waals surface area contributed by atoms with Gasteiger partial charge in [-0.25, -0.2) is 4.39 Å². The minimum Gasteiger partial charge on any atom is -0.358 e. The van der Waals surface area contributed by atoms with Crippen LogP contribution in [0.2, 0.25) is 0 Å². The number of amides is 1. The fraction of sp³-hybridized carbons (Fsp3) is 0. The van der Waals surface area contributed by atoms with Crippen LogP contribution in [0, 0.1) is 5.82 Å². The summed E-state index contributed by atoms with van der Waals surface area (Å²) in [5, 5.41) is 2.70. The smallest absolute Gasteiger partial charge is 0.261 e. The third kappa shape index (κ3) is 2.38. The van der Waals surface area contributed by atoms with E-state index in [0.717, 1.165) is 0 Å². The summed E-state index contributed by atoms with van der Waals surface area (Å²) in [4.78, 5) is 30.9. The minimum atomic E-state index is -0.574. The fourth-order valence-corrected chi connectivity index (χ4v) is 2.02. The van der Waals surface area contributed by atoms with Crippen LogP contribution in [-0.4, -0.2) is 15.9 Å². The average molecular weight is 283 g/mol. The molecule has 0 spiro atoms. The van der Waals surface area contributed by atoms with Gasteiger partial charge in [-0.05, 0) is 24.3 Å². The Hall–Kier alpha value is -3.02. The molecule has 0 aliphatic heterocycles. The number of nitrogens with zero attached hydrogens (tertiary/aromatic N) is 1. The van der Waals surface area contributed by atoms with Crippen molar-refractivity contribution in [3.05, 3.63) is 70.5 Å². The summed E-state index contributed by atoms with van der Waals surface area (Å²) in [7, 11) is 0. The SMILES string of the molecule is O=C(Nc1cccnc1)c1c[nH]c2c(F)cccc2c1=O. The van der Waals surface area contributed by atoms with E-state index in [1.807, 2.05) is 0 Å². The van der Waals surface area contributed by atoms with Crippen LogP contribution in [0.5, 0.6) is 0 Å². The number of benzene rings is 1. The Morgan fingerprint density at radius 1 is 1.24 bits per heavy atom. The minimum absolute atomic E-state index is 0.0837. The molecule has 2 heterocycles. The number of anilines is 1. The average Bonchev–Trinajstić information content (AvgIpc) is 2.49. The lowest BCUT2D eigenvalue weighted by atomic mass is 10.1. The Labute approximate surface area is 118 Å². The topological polar surface area (TPSA) is 74.8 Å². The molecule has 2 aromatic heterocycles. The van der Waals surface area contributed by atoms with E-state index in [2.05, 4.69) is 15.3 Å². The Morgan fingerprint density at radius 2 is 2.10 bits per heavy atom. The molecular formula is C15H10FN3O2. The predicted octanol–water partition coefficient (Wildman–Crippen LogP) is 2.31. The zero-order valence-electron chi connectivity index (χ0n) is 10.8. The maximum Gasteiger partial charge on any atom is 0.261 e. The highest BCUT2D eigenvalue weighted by molar-refractivity contribution is 6.05. The number of hydrogen-bond donors (Lipinski definition) is 2. The standard InChI is InChI=1S/C15H10FN3O2/c16-12-5-1-4-10-13(12)18-8-11(14(10)20)15(21)19-9-3-2-6-17-7-9/h1-8H,(H,18,20)(H,19,21). The Kier molecular flexibility index (Phi) is 3.19. The van der Waals surface area contributed by atoms with E-state index in [9.17, 15) is 14.0 Å². The number of fused-ring (bicyclic) bond motifs is 1. The lowest BCUT2D eigenvalue weighted by Crippen LogP contribution is -2.22. The van der Waals surface area contributed by atoms with Crippen molar-refractivity contribution in [1.29, 1.82) is 0 Å². The molecule has 0 aliphatic carbocycles. The summed E-state index contributed by atoms with van der Waals surface area (Å²) in [5.41, 5.74) is -0.0525. The lowest BCUT2D eigenvalue weighted by Gasteiger charge is -2.05. The van der Waals surface area contributed by atoms with Gasteiger partial charge in [-0.2, -0.15) is 0 Å².